The maximum atomic E-state index is 11.3. The fourth-order valence-electron chi connectivity index (χ4n) is 1.41. The van der Waals surface area contributed by atoms with Crippen molar-refractivity contribution in [1.82, 2.24) is 14.7 Å². The second-order valence-corrected chi connectivity index (χ2v) is 4.01. The van der Waals surface area contributed by atoms with Crippen LogP contribution in [0.4, 0.5) is 5.82 Å². The number of aryl methyl sites for hydroxylation is 1. The Morgan fingerprint density at radius 3 is 2.82 bits per heavy atom. The summed E-state index contributed by atoms with van der Waals surface area (Å²) in [5, 5.41) is 7.37. The van der Waals surface area contributed by atoms with Gasteiger partial charge in [0.2, 0.25) is 11.8 Å². The minimum Gasteiger partial charge on any atom is -0.481 e. The molecule has 6 heteroatoms. The largest absolute Gasteiger partial charge is 0.481 e. The molecule has 1 aromatic heterocycles. The Morgan fingerprint density at radius 2 is 2.29 bits per heavy atom. The molecule has 0 radical (unpaired) electrons. The van der Waals surface area contributed by atoms with Crippen LogP contribution in [0.5, 0.6) is 5.88 Å². The van der Waals surface area contributed by atoms with Gasteiger partial charge < -0.3 is 15.0 Å². The van der Waals surface area contributed by atoms with Gasteiger partial charge in [-0.25, -0.2) is 4.68 Å². The summed E-state index contributed by atoms with van der Waals surface area (Å²) in [6.45, 7) is 0.722. The monoisotopic (exact) mass is 240 g/mol. The molecule has 0 saturated heterocycles. The van der Waals surface area contributed by atoms with E-state index in [9.17, 15) is 4.79 Å². The molecule has 6 nitrogen and oxygen atoms in total. The van der Waals surface area contributed by atoms with Crippen molar-refractivity contribution in [3.8, 4) is 5.88 Å². The average molecular weight is 240 g/mol. The van der Waals surface area contributed by atoms with Crippen LogP contribution in [0, 0.1) is 0 Å². The van der Waals surface area contributed by atoms with E-state index in [0.29, 0.717) is 12.3 Å². The molecule has 1 amide bonds. The number of aromatic nitrogens is 2. The molecule has 1 N–H and O–H groups in total. The van der Waals surface area contributed by atoms with E-state index >= 15 is 0 Å². The third-order valence-corrected chi connectivity index (χ3v) is 2.42. The maximum absolute atomic E-state index is 11.3. The molecule has 0 aliphatic rings. The number of nitrogens with one attached hydrogen (secondary N) is 1. The molecule has 96 valence electrons. The van der Waals surface area contributed by atoms with E-state index in [0.717, 1.165) is 18.8 Å². The van der Waals surface area contributed by atoms with E-state index in [1.165, 1.54) is 0 Å². The minimum atomic E-state index is 0.144. The van der Waals surface area contributed by atoms with Crippen LogP contribution in [-0.4, -0.2) is 48.3 Å². The Kier molecular flexibility index (Phi) is 4.81. The zero-order chi connectivity index (χ0) is 12.8. The summed E-state index contributed by atoms with van der Waals surface area (Å²) in [6.07, 6.45) is 1.33. The first-order valence-corrected chi connectivity index (χ1v) is 5.56. The summed E-state index contributed by atoms with van der Waals surface area (Å²) in [6, 6.07) is 1.83. The SMILES string of the molecule is COc1cc(NCCCC(=O)N(C)C)nn1C. The lowest BCUT2D eigenvalue weighted by atomic mass is 10.3. The molecule has 0 aliphatic heterocycles. The summed E-state index contributed by atoms with van der Waals surface area (Å²) in [5.41, 5.74) is 0. The summed E-state index contributed by atoms with van der Waals surface area (Å²) >= 11 is 0. The van der Waals surface area contributed by atoms with Crippen molar-refractivity contribution in [1.29, 1.82) is 0 Å². The minimum absolute atomic E-state index is 0.144. The molecule has 17 heavy (non-hydrogen) atoms. The van der Waals surface area contributed by atoms with Gasteiger partial charge in [0.15, 0.2) is 5.82 Å². The van der Waals surface area contributed by atoms with Gasteiger partial charge in [0.1, 0.15) is 0 Å². The second-order valence-electron chi connectivity index (χ2n) is 4.01. The fourth-order valence-corrected chi connectivity index (χ4v) is 1.41. The quantitative estimate of drug-likeness (QED) is 0.744. The fraction of sp³-hybridized carbons (Fsp3) is 0.636. The zero-order valence-electron chi connectivity index (χ0n) is 10.9. The second kappa shape index (κ2) is 6.12. The lowest BCUT2D eigenvalue weighted by Crippen LogP contribution is -2.22. The van der Waals surface area contributed by atoms with Crippen molar-refractivity contribution in [2.75, 3.05) is 33.1 Å². The van der Waals surface area contributed by atoms with Crippen LogP contribution in [0.2, 0.25) is 0 Å². The summed E-state index contributed by atoms with van der Waals surface area (Å²) in [7, 11) is 6.95. The first kappa shape index (κ1) is 13.3. The van der Waals surface area contributed by atoms with E-state index < -0.39 is 0 Å². The molecule has 0 unspecified atom stereocenters. The number of methoxy groups -OCH3 is 1. The predicted octanol–water partition coefficient (Wildman–Crippen LogP) is 0.709. The van der Waals surface area contributed by atoms with Crippen LogP contribution < -0.4 is 10.1 Å². The number of rotatable bonds is 6. The van der Waals surface area contributed by atoms with Crippen molar-refractivity contribution in [2.24, 2.45) is 7.05 Å². The van der Waals surface area contributed by atoms with E-state index in [2.05, 4.69) is 10.4 Å². The molecule has 0 saturated carbocycles. The van der Waals surface area contributed by atoms with Gasteiger partial charge in [-0.05, 0) is 6.42 Å². The Morgan fingerprint density at radius 1 is 1.59 bits per heavy atom. The molecule has 1 heterocycles. The molecule has 0 spiro atoms. The van der Waals surface area contributed by atoms with Crippen molar-refractivity contribution in [3.63, 3.8) is 0 Å². The van der Waals surface area contributed by atoms with Crippen LogP contribution in [0.25, 0.3) is 0 Å². The van der Waals surface area contributed by atoms with Crippen molar-refractivity contribution < 1.29 is 9.53 Å². The number of hydrogen-bond donors (Lipinski definition) is 1. The summed E-state index contributed by atoms with van der Waals surface area (Å²) in [4.78, 5) is 12.9. The Labute approximate surface area is 102 Å². The standard InChI is InChI=1S/C11H20N4O2/c1-14(2)10(16)6-5-7-12-9-8-11(17-4)15(3)13-9/h8H,5-7H2,1-4H3,(H,12,13). The third-order valence-electron chi connectivity index (χ3n) is 2.42. The van der Waals surface area contributed by atoms with E-state index in [-0.39, 0.29) is 5.91 Å². The van der Waals surface area contributed by atoms with Gasteiger partial charge in [-0.1, -0.05) is 0 Å². The predicted molar refractivity (Wildman–Crippen MR) is 66.2 cm³/mol. The summed E-state index contributed by atoms with van der Waals surface area (Å²) in [5.74, 6) is 1.61. The van der Waals surface area contributed by atoms with Crippen molar-refractivity contribution in [3.05, 3.63) is 6.07 Å². The molecular formula is C11H20N4O2. The maximum Gasteiger partial charge on any atom is 0.222 e. The molecule has 1 aromatic rings. The van der Waals surface area contributed by atoms with Gasteiger partial charge in [-0.3, -0.25) is 4.79 Å². The molecule has 1 rings (SSSR count). The highest BCUT2D eigenvalue weighted by atomic mass is 16.5. The highest BCUT2D eigenvalue weighted by Crippen LogP contribution is 2.14. The Balaban J connectivity index is 2.29. The number of hydrogen-bond acceptors (Lipinski definition) is 4. The molecule has 0 atom stereocenters. The third kappa shape index (κ3) is 3.97. The number of ether oxygens (including phenoxy) is 1. The van der Waals surface area contributed by atoms with Crippen LogP contribution in [0.15, 0.2) is 6.07 Å². The first-order valence-electron chi connectivity index (χ1n) is 5.56. The average Bonchev–Trinajstić information content (AvgIpc) is 2.64. The molecule has 0 bridgehead atoms. The number of anilines is 1. The number of nitrogens with zero attached hydrogens (tertiary/aromatic N) is 3. The highest BCUT2D eigenvalue weighted by Gasteiger charge is 2.05. The first-order chi connectivity index (χ1) is 8.04. The normalized spacial score (nSPS) is 10.1. The summed E-state index contributed by atoms with van der Waals surface area (Å²) < 4.78 is 6.76. The van der Waals surface area contributed by atoms with Gasteiger partial charge in [0.05, 0.1) is 7.11 Å². The van der Waals surface area contributed by atoms with Gasteiger partial charge in [0, 0.05) is 40.2 Å². The lowest BCUT2D eigenvalue weighted by molar-refractivity contribution is -0.128. The molecule has 0 aliphatic carbocycles. The highest BCUT2D eigenvalue weighted by molar-refractivity contribution is 5.75. The number of carbonyl (C=O) groups excluding carboxylic acids is 1. The topological polar surface area (TPSA) is 59.4 Å². The Hall–Kier alpha value is -1.72. The van der Waals surface area contributed by atoms with Gasteiger partial charge in [-0.15, -0.1) is 0 Å². The van der Waals surface area contributed by atoms with E-state index in [1.54, 1.807) is 30.8 Å². The van der Waals surface area contributed by atoms with Crippen molar-refractivity contribution >= 4 is 11.7 Å². The van der Waals surface area contributed by atoms with Gasteiger partial charge >= 0.3 is 0 Å². The molecule has 0 aromatic carbocycles. The van der Waals surface area contributed by atoms with E-state index in [1.807, 2.05) is 13.1 Å². The number of carbonyl (C=O) groups is 1. The van der Waals surface area contributed by atoms with Crippen molar-refractivity contribution in [2.45, 2.75) is 12.8 Å². The van der Waals surface area contributed by atoms with Gasteiger partial charge in [-0.2, -0.15) is 5.10 Å². The molecular weight excluding hydrogens is 220 g/mol. The van der Waals surface area contributed by atoms with Crippen LogP contribution in [0.3, 0.4) is 0 Å². The molecule has 0 fully saturated rings. The Bertz CT molecular complexity index is 374. The van der Waals surface area contributed by atoms with Crippen LogP contribution >= 0.6 is 0 Å². The van der Waals surface area contributed by atoms with Gasteiger partial charge in [0.25, 0.3) is 0 Å². The van der Waals surface area contributed by atoms with Crippen LogP contribution in [-0.2, 0) is 11.8 Å². The van der Waals surface area contributed by atoms with Crippen LogP contribution in [0.1, 0.15) is 12.8 Å². The smallest absolute Gasteiger partial charge is 0.222 e. The lowest BCUT2D eigenvalue weighted by Gasteiger charge is -2.09. The van der Waals surface area contributed by atoms with E-state index in [4.69, 9.17) is 4.74 Å². The number of amides is 1. The zero-order valence-corrected chi connectivity index (χ0v) is 10.9.